The normalized spacial score (nSPS) is 14.3. The van der Waals surface area contributed by atoms with Crippen LogP contribution < -0.4 is 10.2 Å². The van der Waals surface area contributed by atoms with E-state index in [9.17, 15) is 0 Å². The smallest absolute Gasteiger partial charge is 0.184 e. The van der Waals surface area contributed by atoms with Gasteiger partial charge in [0.05, 0.1) is 17.9 Å². The summed E-state index contributed by atoms with van der Waals surface area (Å²) in [5.41, 5.74) is 1.97. The Morgan fingerprint density at radius 2 is 2.38 bits per heavy atom. The van der Waals surface area contributed by atoms with Gasteiger partial charge in [0.2, 0.25) is 0 Å². The highest BCUT2D eigenvalue weighted by Gasteiger charge is 2.15. The van der Waals surface area contributed by atoms with E-state index in [-0.39, 0.29) is 0 Å². The molecule has 0 aromatic heterocycles. The minimum absolute atomic E-state index is 0.736. The summed E-state index contributed by atoms with van der Waals surface area (Å²) in [6, 6.07) is 5.89. The van der Waals surface area contributed by atoms with Gasteiger partial charge in [0, 0.05) is 11.0 Å². The molecule has 0 fully saturated rings. The number of anilines is 2. The van der Waals surface area contributed by atoms with Gasteiger partial charge in [0.25, 0.3) is 0 Å². The van der Waals surface area contributed by atoms with Gasteiger partial charge in [-0.25, -0.2) is 0 Å². The Bertz CT molecular complexity index is 370. The fourth-order valence-corrected chi connectivity index (χ4v) is 1.75. The van der Waals surface area contributed by atoms with Gasteiger partial charge in [-0.15, -0.1) is 0 Å². The van der Waals surface area contributed by atoms with Crippen molar-refractivity contribution in [2.24, 2.45) is 0 Å². The van der Waals surface area contributed by atoms with Gasteiger partial charge in [-0.1, -0.05) is 15.9 Å². The van der Waals surface area contributed by atoms with Crippen LogP contribution in [0.2, 0.25) is 0 Å². The maximum atomic E-state index is 8.86. The summed E-state index contributed by atoms with van der Waals surface area (Å²) in [6.07, 6.45) is 2.16. The monoisotopic (exact) mass is 237 g/mol. The van der Waals surface area contributed by atoms with Crippen LogP contribution >= 0.6 is 15.9 Å². The van der Waals surface area contributed by atoms with Crippen molar-refractivity contribution in [1.82, 2.24) is 0 Å². The molecule has 1 N–H and O–H groups in total. The van der Waals surface area contributed by atoms with E-state index in [1.54, 1.807) is 4.90 Å². The molecule has 13 heavy (non-hydrogen) atoms. The number of hydrogen-bond acceptors (Lipinski definition) is 3. The van der Waals surface area contributed by atoms with E-state index in [1.165, 1.54) is 0 Å². The Morgan fingerprint density at radius 3 is 3.15 bits per heavy atom. The Labute approximate surface area is 85.1 Å². The highest BCUT2D eigenvalue weighted by Crippen LogP contribution is 2.31. The molecule has 1 aliphatic heterocycles. The lowest BCUT2D eigenvalue weighted by Crippen LogP contribution is -2.29. The number of fused-ring (bicyclic) bond motifs is 1. The first-order valence-electron chi connectivity index (χ1n) is 4.02. The third-order valence-corrected chi connectivity index (χ3v) is 2.52. The number of rotatable bonds is 0. The lowest BCUT2D eigenvalue weighted by atomic mass is 10.2. The lowest BCUT2D eigenvalue weighted by molar-refractivity contribution is 0.928. The topological polar surface area (TPSA) is 39.1 Å². The SMILES string of the molecule is N#CN1CCNc2ccc(Br)cc21. The summed E-state index contributed by atoms with van der Waals surface area (Å²) in [5, 5.41) is 12.1. The highest BCUT2D eigenvalue weighted by atomic mass is 79.9. The molecule has 0 saturated carbocycles. The van der Waals surface area contributed by atoms with Crippen molar-refractivity contribution in [3.8, 4) is 6.19 Å². The van der Waals surface area contributed by atoms with Gasteiger partial charge >= 0.3 is 0 Å². The molecule has 0 spiro atoms. The molecule has 0 bridgehead atoms. The molecule has 1 heterocycles. The second-order valence-corrected chi connectivity index (χ2v) is 3.76. The fraction of sp³-hybridized carbons (Fsp3) is 0.222. The molecule has 0 aliphatic carbocycles. The molecule has 4 heteroatoms. The van der Waals surface area contributed by atoms with Crippen LogP contribution in [0.4, 0.5) is 11.4 Å². The Morgan fingerprint density at radius 1 is 1.54 bits per heavy atom. The van der Waals surface area contributed by atoms with Crippen LogP contribution in [-0.4, -0.2) is 13.1 Å². The van der Waals surface area contributed by atoms with Crippen molar-refractivity contribution < 1.29 is 0 Å². The lowest BCUT2D eigenvalue weighted by Gasteiger charge is -2.25. The molecule has 0 unspecified atom stereocenters. The molecule has 0 atom stereocenters. The zero-order valence-corrected chi connectivity index (χ0v) is 8.50. The zero-order chi connectivity index (χ0) is 9.26. The van der Waals surface area contributed by atoms with Crippen LogP contribution in [0.5, 0.6) is 0 Å². The molecule has 3 nitrogen and oxygen atoms in total. The first-order valence-corrected chi connectivity index (χ1v) is 4.81. The Balaban J connectivity index is 2.49. The van der Waals surface area contributed by atoms with Crippen LogP contribution in [0.25, 0.3) is 0 Å². The summed E-state index contributed by atoms with van der Waals surface area (Å²) < 4.78 is 0.996. The maximum Gasteiger partial charge on any atom is 0.184 e. The Kier molecular flexibility index (Phi) is 2.11. The predicted molar refractivity (Wildman–Crippen MR) is 55.6 cm³/mol. The molecule has 0 saturated heterocycles. The predicted octanol–water partition coefficient (Wildman–Crippen LogP) is 2.16. The van der Waals surface area contributed by atoms with Crippen LogP contribution in [0, 0.1) is 11.5 Å². The van der Waals surface area contributed by atoms with Crippen molar-refractivity contribution in [3.05, 3.63) is 22.7 Å². The first kappa shape index (κ1) is 8.39. The van der Waals surface area contributed by atoms with Crippen molar-refractivity contribution in [1.29, 1.82) is 5.26 Å². The number of benzene rings is 1. The van der Waals surface area contributed by atoms with E-state index >= 15 is 0 Å². The average Bonchev–Trinajstić information content (AvgIpc) is 2.17. The summed E-state index contributed by atoms with van der Waals surface area (Å²) >= 11 is 3.38. The van der Waals surface area contributed by atoms with Gasteiger partial charge in [-0.2, -0.15) is 5.26 Å². The van der Waals surface area contributed by atoms with Crippen molar-refractivity contribution in [2.45, 2.75) is 0 Å². The fourth-order valence-electron chi connectivity index (χ4n) is 1.40. The van der Waals surface area contributed by atoms with E-state index in [1.807, 2.05) is 18.2 Å². The second kappa shape index (κ2) is 3.27. The van der Waals surface area contributed by atoms with Gasteiger partial charge in [-0.05, 0) is 18.2 Å². The zero-order valence-electron chi connectivity index (χ0n) is 6.92. The van der Waals surface area contributed by atoms with E-state index in [4.69, 9.17) is 5.26 Å². The van der Waals surface area contributed by atoms with Gasteiger partial charge in [0.1, 0.15) is 0 Å². The summed E-state index contributed by atoms with van der Waals surface area (Å²) in [5.74, 6) is 0. The number of nitrogens with zero attached hydrogens (tertiary/aromatic N) is 2. The molecule has 1 aromatic carbocycles. The molecule has 2 rings (SSSR count). The third kappa shape index (κ3) is 1.47. The van der Waals surface area contributed by atoms with Gasteiger partial charge in [-0.3, -0.25) is 4.90 Å². The number of nitriles is 1. The highest BCUT2D eigenvalue weighted by molar-refractivity contribution is 9.10. The standard InChI is InChI=1S/C9H8BrN3/c10-7-1-2-8-9(5-7)13(6-11)4-3-12-8/h1-2,5,12H,3-4H2. The van der Waals surface area contributed by atoms with Crippen molar-refractivity contribution >= 4 is 27.3 Å². The largest absolute Gasteiger partial charge is 0.382 e. The van der Waals surface area contributed by atoms with Crippen molar-refractivity contribution in [3.63, 3.8) is 0 Å². The summed E-state index contributed by atoms with van der Waals surface area (Å²) in [4.78, 5) is 1.69. The van der Waals surface area contributed by atoms with E-state index in [0.717, 1.165) is 28.9 Å². The van der Waals surface area contributed by atoms with Crippen molar-refractivity contribution in [2.75, 3.05) is 23.3 Å². The van der Waals surface area contributed by atoms with E-state index < -0.39 is 0 Å². The summed E-state index contributed by atoms with van der Waals surface area (Å²) in [7, 11) is 0. The molecule has 0 amide bonds. The quantitative estimate of drug-likeness (QED) is 0.704. The molecular weight excluding hydrogens is 230 g/mol. The number of halogens is 1. The van der Waals surface area contributed by atoms with Gasteiger partial charge in [0.15, 0.2) is 6.19 Å². The minimum atomic E-state index is 0.736. The van der Waals surface area contributed by atoms with Gasteiger partial charge < -0.3 is 5.32 Å². The first-order chi connectivity index (χ1) is 6.31. The molecular formula is C9H8BrN3. The van der Waals surface area contributed by atoms with Crippen LogP contribution in [0.15, 0.2) is 22.7 Å². The van der Waals surface area contributed by atoms with E-state index in [2.05, 4.69) is 27.4 Å². The van der Waals surface area contributed by atoms with Crippen LogP contribution in [0.3, 0.4) is 0 Å². The summed E-state index contributed by atoms with van der Waals surface area (Å²) in [6.45, 7) is 1.56. The third-order valence-electron chi connectivity index (χ3n) is 2.02. The molecule has 66 valence electrons. The average molecular weight is 238 g/mol. The van der Waals surface area contributed by atoms with Crippen LogP contribution in [0.1, 0.15) is 0 Å². The maximum absolute atomic E-state index is 8.86. The Hall–Kier alpha value is -1.21. The van der Waals surface area contributed by atoms with E-state index in [0.29, 0.717) is 0 Å². The molecule has 1 aliphatic rings. The molecule has 0 radical (unpaired) electrons. The molecule has 1 aromatic rings. The number of hydrogen-bond donors (Lipinski definition) is 1. The minimum Gasteiger partial charge on any atom is -0.382 e. The second-order valence-electron chi connectivity index (χ2n) is 2.84. The number of nitrogens with one attached hydrogen (secondary N) is 1. The van der Waals surface area contributed by atoms with Crippen LogP contribution in [-0.2, 0) is 0 Å².